The molecule has 0 radical (unpaired) electrons. The van der Waals surface area contributed by atoms with Crippen molar-refractivity contribution in [3.05, 3.63) is 68.2 Å². The zero-order valence-corrected chi connectivity index (χ0v) is 18.3. The first-order valence-corrected chi connectivity index (χ1v) is 9.99. The molecule has 33 heavy (non-hydrogen) atoms. The van der Waals surface area contributed by atoms with Crippen LogP contribution in [0.1, 0.15) is 23.1 Å². The molecule has 5 nitrogen and oxygen atoms in total. The maximum absolute atomic E-state index is 14.1. The Hall–Kier alpha value is -2.21. The fourth-order valence-corrected chi connectivity index (χ4v) is 3.88. The lowest BCUT2D eigenvalue weighted by molar-refractivity contribution is -0.275. The molecule has 14 heteroatoms. The van der Waals surface area contributed by atoms with Crippen molar-refractivity contribution in [2.45, 2.75) is 24.4 Å². The third kappa shape index (κ3) is 5.48. The van der Waals surface area contributed by atoms with Gasteiger partial charge in [-0.1, -0.05) is 46.0 Å². The summed E-state index contributed by atoms with van der Waals surface area (Å²) in [5, 5.41) is 12.4. The molecular weight excluding hydrogens is 523 g/mol. The monoisotopic (exact) mass is 533 g/mol. The lowest BCUT2D eigenvalue weighted by Gasteiger charge is -2.29. The smallest absolute Gasteiger partial charge is 0.374 e. The van der Waals surface area contributed by atoms with Crippen LogP contribution in [0.3, 0.4) is 0 Å². The number of nitrogens with one attached hydrogen (secondary N) is 1. The summed E-state index contributed by atoms with van der Waals surface area (Å²) < 4.78 is 79.5. The van der Waals surface area contributed by atoms with E-state index in [0.29, 0.717) is 0 Å². The van der Waals surface area contributed by atoms with Gasteiger partial charge >= 0.3 is 12.4 Å². The number of hydrogen-bond donors (Lipinski definition) is 2. The van der Waals surface area contributed by atoms with Crippen LogP contribution >= 0.6 is 34.8 Å². The van der Waals surface area contributed by atoms with Crippen molar-refractivity contribution in [3.8, 4) is 0 Å². The van der Waals surface area contributed by atoms with E-state index in [1.807, 2.05) is 0 Å². The molecule has 0 saturated carbocycles. The van der Waals surface area contributed by atoms with Crippen LogP contribution in [-0.2, 0) is 10.4 Å². The van der Waals surface area contributed by atoms with E-state index in [9.17, 15) is 26.3 Å². The van der Waals surface area contributed by atoms with Gasteiger partial charge in [-0.15, -0.1) is 0 Å². The quantitative estimate of drug-likeness (QED) is 0.203. The molecule has 1 aliphatic rings. The molecule has 2 N–H and O–H groups in total. The summed E-state index contributed by atoms with van der Waals surface area (Å²) in [7, 11) is 0. The van der Waals surface area contributed by atoms with E-state index in [1.165, 1.54) is 23.7 Å². The number of benzene rings is 2. The Labute approximate surface area is 197 Å². The summed E-state index contributed by atoms with van der Waals surface area (Å²) in [4.78, 5) is 8.09. The molecule has 3 rings (SSSR count). The number of halogens is 9. The number of alkyl halides is 6. The number of hydroxylamine groups is 1. The Morgan fingerprint density at radius 2 is 1.70 bits per heavy atom. The maximum atomic E-state index is 14.1. The van der Waals surface area contributed by atoms with Crippen LogP contribution in [0.2, 0.25) is 15.1 Å². The van der Waals surface area contributed by atoms with Crippen molar-refractivity contribution in [2.24, 2.45) is 10.1 Å². The molecule has 2 aromatic carbocycles. The van der Waals surface area contributed by atoms with Crippen LogP contribution in [-0.4, -0.2) is 35.7 Å². The highest BCUT2D eigenvalue weighted by molar-refractivity contribution is 6.35. The van der Waals surface area contributed by atoms with Gasteiger partial charge in [-0.05, 0) is 30.3 Å². The van der Waals surface area contributed by atoms with E-state index in [0.717, 1.165) is 18.2 Å². The molecule has 1 heterocycles. The van der Waals surface area contributed by atoms with Gasteiger partial charge < -0.3 is 4.84 Å². The molecule has 1 atom stereocenters. The second-order valence-corrected chi connectivity index (χ2v) is 8.16. The molecule has 0 amide bonds. The number of aliphatic imine (C=N–C) groups is 1. The molecule has 2 aromatic rings. The van der Waals surface area contributed by atoms with Gasteiger partial charge in [0.2, 0.25) is 0 Å². The zero-order valence-electron chi connectivity index (χ0n) is 16.0. The van der Waals surface area contributed by atoms with Crippen molar-refractivity contribution in [1.29, 1.82) is 0 Å². The van der Waals surface area contributed by atoms with E-state index < -0.39 is 36.8 Å². The number of hydrogen-bond acceptors (Lipinski definition) is 4. The normalized spacial score (nSPS) is 19.3. The number of oxime groups is 1. The van der Waals surface area contributed by atoms with E-state index in [2.05, 4.69) is 10.1 Å². The summed E-state index contributed by atoms with van der Waals surface area (Å²) in [5.41, 5.74) is -1.85. The zero-order chi connectivity index (χ0) is 24.6. The predicted molar refractivity (Wildman–Crippen MR) is 110 cm³/mol. The molecular formula is C19H12Cl3F6N3O2. The van der Waals surface area contributed by atoms with E-state index >= 15 is 0 Å². The summed E-state index contributed by atoms with van der Waals surface area (Å²) >= 11 is 17.8. The molecule has 1 unspecified atom stereocenters. The lowest BCUT2D eigenvalue weighted by Crippen LogP contribution is -2.42. The molecule has 1 aliphatic heterocycles. The Morgan fingerprint density at radius 1 is 1.06 bits per heavy atom. The van der Waals surface area contributed by atoms with Gasteiger partial charge in [0, 0.05) is 33.2 Å². The van der Waals surface area contributed by atoms with Gasteiger partial charge in [0.1, 0.15) is 6.54 Å². The highest BCUT2D eigenvalue weighted by atomic mass is 35.5. The fraction of sp³-hybridized carbons (Fsp3) is 0.263. The van der Waals surface area contributed by atoms with Crippen molar-refractivity contribution in [2.75, 3.05) is 6.54 Å². The van der Waals surface area contributed by atoms with Crippen LogP contribution in [0, 0.1) is 0 Å². The molecule has 178 valence electrons. The second-order valence-electron chi connectivity index (χ2n) is 6.88. The minimum Gasteiger partial charge on any atom is -0.374 e. The molecule has 0 saturated heterocycles. The minimum atomic E-state index is -4.91. The molecule has 0 bridgehead atoms. The predicted octanol–water partition coefficient (Wildman–Crippen LogP) is 6.52. The van der Waals surface area contributed by atoms with Crippen LogP contribution in [0.25, 0.3) is 0 Å². The van der Waals surface area contributed by atoms with Gasteiger partial charge in [-0.3, -0.25) is 15.7 Å². The summed E-state index contributed by atoms with van der Waals surface area (Å²) in [6, 6.07) is 6.97. The fourth-order valence-electron chi connectivity index (χ4n) is 3.08. The first-order valence-electron chi connectivity index (χ1n) is 8.86. The second kappa shape index (κ2) is 9.21. The van der Waals surface area contributed by atoms with Crippen molar-refractivity contribution in [1.82, 2.24) is 5.48 Å². The van der Waals surface area contributed by atoms with Crippen LogP contribution in [0.15, 0.2) is 46.5 Å². The van der Waals surface area contributed by atoms with Crippen molar-refractivity contribution >= 4 is 46.4 Å². The van der Waals surface area contributed by atoms with E-state index in [4.69, 9.17) is 44.8 Å². The first kappa shape index (κ1) is 25.4. The average Bonchev–Trinajstić information content (AvgIpc) is 3.15. The Balaban J connectivity index is 1.94. The van der Waals surface area contributed by atoms with E-state index in [-0.39, 0.29) is 37.5 Å². The van der Waals surface area contributed by atoms with Gasteiger partial charge in [0.05, 0.1) is 10.7 Å². The summed E-state index contributed by atoms with van der Waals surface area (Å²) in [5.74, 6) is -0.577. The third-order valence-corrected chi connectivity index (χ3v) is 5.34. The lowest BCUT2D eigenvalue weighted by atomic mass is 9.86. The SMILES string of the molecule is ON/C(=N\CC(F)(F)F)c1ccc(C2=NOC(c3cc(Cl)cc(Cl)c3)(C(F)(F)F)C2)cc1Cl. The van der Waals surface area contributed by atoms with Gasteiger partial charge in [-0.25, -0.2) is 0 Å². The Kier molecular flexibility index (Phi) is 7.09. The van der Waals surface area contributed by atoms with Crippen molar-refractivity contribution < 1.29 is 36.4 Å². The highest BCUT2D eigenvalue weighted by Gasteiger charge is 2.62. The van der Waals surface area contributed by atoms with Gasteiger partial charge in [0.25, 0.3) is 5.60 Å². The summed E-state index contributed by atoms with van der Waals surface area (Å²) in [6.07, 6.45) is -10.3. The number of nitrogens with zero attached hydrogens (tertiary/aromatic N) is 2. The molecule has 0 spiro atoms. The summed E-state index contributed by atoms with van der Waals surface area (Å²) in [6.45, 7) is -1.59. The van der Waals surface area contributed by atoms with Crippen LogP contribution in [0.5, 0.6) is 0 Å². The number of amidine groups is 1. The highest BCUT2D eigenvalue weighted by Crippen LogP contribution is 2.49. The third-order valence-electron chi connectivity index (χ3n) is 4.59. The van der Waals surface area contributed by atoms with E-state index in [1.54, 1.807) is 0 Å². The molecule has 0 aliphatic carbocycles. The minimum absolute atomic E-state index is 0.0345. The largest absolute Gasteiger partial charge is 0.435 e. The Morgan fingerprint density at radius 3 is 2.21 bits per heavy atom. The van der Waals surface area contributed by atoms with Crippen molar-refractivity contribution in [3.63, 3.8) is 0 Å². The standard InChI is InChI=1S/C19H12Cl3F6N3O2/c20-11-4-10(5-12(21)6-11)17(19(26,27)28)7-15(31-33-17)9-1-2-13(14(22)3-9)16(30-32)29-8-18(23,24)25/h1-6,32H,7-8H2,(H,29,30). The Bertz CT molecular complexity index is 1100. The van der Waals surface area contributed by atoms with Gasteiger partial charge in [-0.2, -0.15) is 26.3 Å². The number of rotatable bonds is 4. The first-order chi connectivity index (χ1) is 15.3. The maximum Gasteiger partial charge on any atom is 0.435 e. The average molecular weight is 535 g/mol. The van der Waals surface area contributed by atoms with Crippen LogP contribution in [0.4, 0.5) is 26.3 Å². The molecule has 0 fully saturated rings. The topological polar surface area (TPSA) is 66.2 Å². The van der Waals surface area contributed by atoms with Crippen LogP contribution < -0.4 is 5.48 Å². The van der Waals surface area contributed by atoms with Gasteiger partial charge in [0.15, 0.2) is 5.84 Å². The molecule has 0 aromatic heterocycles.